The number of carbonyl (C=O) groups is 1. The van der Waals surface area contributed by atoms with Crippen molar-refractivity contribution in [2.75, 3.05) is 6.54 Å². The van der Waals surface area contributed by atoms with Gasteiger partial charge in [0.1, 0.15) is 5.82 Å². The van der Waals surface area contributed by atoms with Crippen LogP contribution in [0.4, 0.5) is 4.39 Å². The monoisotopic (exact) mass is 294 g/mol. The quantitative estimate of drug-likeness (QED) is 0.777. The molecule has 0 aliphatic heterocycles. The predicted octanol–water partition coefficient (Wildman–Crippen LogP) is 1.96. The molecule has 1 aliphatic rings. The first-order chi connectivity index (χ1) is 9.89. The number of nitrogens with two attached hydrogens (primary N) is 1. The minimum atomic E-state index is -0.704. The molecule has 21 heavy (non-hydrogen) atoms. The van der Waals surface area contributed by atoms with Crippen molar-refractivity contribution < 1.29 is 14.3 Å². The maximum absolute atomic E-state index is 13.7. The first kappa shape index (κ1) is 15.9. The van der Waals surface area contributed by atoms with Crippen LogP contribution < -0.4 is 11.1 Å². The van der Waals surface area contributed by atoms with Gasteiger partial charge in [-0.05, 0) is 49.8 Å². The minimum absolute atomic E-state index is 0.269. The summed E-state index contributed by atoms with van der Waals surface area (Å²) < 4.78 is 13.7. The number of nitrogens with one attached hydrogen (secondary N) is 1. The molecule has 0 unspecified atom stereocenters. The highest BCUT2D eigenvalue weighted by molar-refractivity contribution is 5.92. The lowest BCUT2D eigenvalue weighted by atomic mass is 9.79. The molecule has 0 saturated heterocycles. The Kier molecular flexibility index (Phi) is 4.96. The second-order valence-corrected chi connectivity index (χ2v) is 6.18. The van der Waals surface area contributed by atoms with Crippen molar-refractivity contribution in [3.63, 3.8) is 0 Å². The highest BCUT2D eigenvalue weighted by Gasteiger charge is 2.31. The van der Waals surface area contributed by atoms with Crippen LogP contribution in [0.1, 0.15) is 48.5 Å². The summed E-state index contributed by atoms with van der Waals surface area (Å²) in [6.45, 7) is 2.89. The van der Waals surface area contributed by atoms with Crippen LogP contribution in [0.15, 0.2) is 18.2 Å². The van der Waals surface area contributed by atoms with Crippen LogP contribution in [0.25, 0.3) is 0 Å². The molecular weight excluding hydrogens is 271 g/mol. The summed E-state index contributed by atoms with van der Waals surface area (Å²) in [4.78, 5) is 11.1. The second-order valence-electron chi connectivity index (χ2n) is 6.18. The average Bonchev–Trinajstić information content (AvgIpc) is 2.44. The third-order valence-corrected chi connectivity index (χ3v) is 4.30. The van der Waals surface area contributed by atoms with Gasteiger partial charge in [0.15, 0.2) is 0 Å². The zero-order chi connectivity index (χ0) is 15.5. The molecule has 0 radical (unpaired) electrons. The average molecular weight is 294 g/mol. The van der Waals surface area contributed by atoms with Crippen molar-refractivity contribution in [3.05, 3.63) is 35.1 Å². The number of rotatable bonds is 5. The number of amides is 1. The summed E-state index contributed by atoms with van der Waals surface area (Å²) in [6, 6.07) is 4.07. The summed E-state index contributed by atoms with van der Waals surface area (Å²) in [6.07, 6.45) is 3.57. The molecule has 0 spiro atoms. The van der Waals surface area contributed by atoms with E-state index in [2.05, 4.69) is 12.2 Å². The lowest BCUT2D eigenvalue weighted by molar-refractivity contribution is -0.00635. The van der Waals surface area contributed by atoms with Crippen molar-refractivity contribution in [1.82, 2.24) is 5.32 Å². The van der Waals surface area contributed by atoms with Crippen molar-refractivity contribution in [3.8, 4) is 0 Å². The molecule has 1 fully saturated rings. The Hall–Kier alpha value is -1.46. The molecule has 1 amide bonds. The Morgan fingerprint density at radius 3 is 2.76 bits per heavy atom. The first-order valence-corrected chi connectivity index (χ1v) is 7.41. The minimum Gasteiger partial charge on any atom is -0.389 e. The highest BCUT2D eigenvalue weighted by Crippen LogP contribution is 2.31. The third kappa shape index (κ3) is 4.25. The van der Waals surface area contributed by atoms with Gasteiger partial charge in [0.2, 0.25) is 5.91 Å². The van der Waals surface area contributed by atoms with Gasteiger partial charge in [0.05, 0.1) is 5.60 Å². The second kappa shape index (κ2) is 6.54. The molecule has 0 bridgehead atoms. The molecule has 1 saturated carbocycles. The molecule has 1 aromatic carbocycles. The van der Waals surface area contributed by atoms with E-state index in [1.54, 1.807) is 0 Å². The maximum Gasteiger partial charge on any atom is 0.248 e. The number of primary amides is 1. The van der Waals surface area contributed by atoms with E-state index in [1.807, 2.05) is 0 Å². The van der Waals surface area contributed by atoms with Crippen LogP contribution in [0, 0.1) is 11.7 Å². The molecule has 1 aromatic rings. The van der Waals surface area contributed by atoms with Crippen molar-refractivity contribution in [2.24, 2.45) is 11.7 Å². The fraction of sp³-hybridized carbons (Fsp3) is 0.562. The van der Waals surface area contributed by atoms with Crippen molar-refractivity contribution in [2.45, 2.75) is 44.8 Å². The SMILES string of the molecule is CC1CCC(O)(CNCc2cc(C(N)=O)ccc2F)CC1. The van der Waals surface area contributed by atoms with E-state index in [-0.39, 0.29) is 12.4 Å². The fourth-order valence-corrected chi connectivity index (χ4v) is 2.77. The van der Waals surface area contributed by atoms with Gasteiger partial charge in [-0.2, -0.15) is 0 Å². The van der Waals surface area contributed by atoms with Gasteiger partial charge in [-0.1, -0.05) is 6.92 Å². The van der Waals surface area contributed by atoms with E-state index >= 15 is 0 Å². The van der Waals surface area contributed by atoms with Crippen LogP contribution in [0.3, 0.4) is 0 Å². The standard InChI is InChI=1S/C16H23FN2O2/c1-11-4-6-16(21,7-5-11)10-19-9-13-8-12(15(18)20)2-3-14(13)17/h2-3,8,11,19,21H,4-7,9-10H2,1H3,(H2,18,20). The number of hydrogen-bond donors (Lipinski definition) is 3. The number of carbonyl (C=O) groups excluding carboxylic acids is 1. The molecule has 0 heterocycles. The molecule has 0 aromatic heterocycles. The molecule has 0 atom stereocenters. The highest BCUT2D eigenvalue weighted by atomic mass is 19.1. The third-order valence-electron chi connectivity index (χ3n) is 4.30. The Morgan fingerprint density at radius 1 is 1.48 bits per heavy atom. The molecule has 1 aliphatic carbocycles. The Balaban J connectivity index is 1.91. The largest absolute Gasteiger partial charge is 0.389 e. The van der Waals surface area contributed by atoms with Crippen LogP contribution in [-0.4, -0.2) is 23.2 Å². The van der Waals surface area contributed by atoms with Gasteiger partial charge in [0, 0.05) is 24.2 Å². The summed E-state index contributed by atoms with van der Waals surface area (Å²) in [5.74, 6) is -0.289. The lowest BCUT2D eigenvalue weighted by Crippen LogP contribution is -2.43. The maximum atomic E-state index is 13.7. The Labute approximate surface area is 124 Å². The topological polar surface area (TPSA) is 75.3 Å². The van der Waals surface area contributed by atoms with Gasteiger partial charge in [0.25, 0.3) is 0 Å². The number of hydrogen-bond acceptors (Lipinski definition) is 3. The number of halogens is 1. The first-order valence-electron chi connectivity index (χ1n) is 7.41. The smallest absolute Gasteiger partial charge is 0.248 e. The number of aliphatic hydroxyl groups is 1. The van der Waals surface area contributed by atoms with Crippen molar-refractivity contribution >= 4 is 5.91 Å². The van der Waals surface area contributed by atoms with Crippen LogP contribution in [-0.2, 0) is 6.54 Å². The molecule has 2 rings (SSSR count). The molecule has 5 heteroatoms. The summed E-state index contributed by atoms with van der Waals surface area (Å²) in [7, 11) is 0. The van der Waals surface area contributed by atoms with Crippen LogP contribution in [0.5, 0.6) is 0 Å². The Morgan fingerprint density at radius 2 is 2.14 bits per heavy atom. The summed E-state index contributed by atoms with van der Waals surface area (Å²) in [5, 5.41) is 13.5. The lowest BCUT2D eigenvalue weighted by Gasteiger charge is -2.35. The molecule has 4 N–H and O–H groups in total. The zero-order valence-corrected chi connectivity index (χ0v) is 12.4. The fourth-order valence-electron chi connectivity index (χ4n) is 2.77. The molecule has 116 valence electrons. The predicted molar refractivity (Wildman–Crippen MR) is 79.2 cm³/mol. The molecular formula is C16H23FN2O2. The van der Waals surface area contributed by atoms with Gasteiger partial charge in [-0.25, -0.2) is 4.39 Å². The summed E-state index contributed by atoms with van der Waals surface area (Å²) >= 11 is 0. The van der Waals surface area contributed by atoms with E-state index in [0.717, 1.165) is 25.7 Å². The van der Waals surface area contributed by atoms with Crippen molar-refractivity contribution in [1.29, 1.82) is 0 Å². The zero-order valence-electron chi connectivity index (χ0n) is 12.4. The van der Waals surface area contributed by atoms with Gasteiger partial charge >= 0.3 is 0 Å². The van der Waals surface area contributed by atoms with Gasteiger partial charge < -0.3 is 16.2 Å². The van der Waals surface area contributed by atoms with E-state index in [0.29, 0.717) is 23.6 Å². The Bertz CT molecular complexity index is 511. The van der Waals surface area contributed by atoms with Gasteiger partial charge in [-0.3, -0.25) is 4.79 Å². The van der Waals surface area contributed by atoms with Gasteiger partial charge in [-0.15, -0.1) is 0 Å². The van der Waals surface area contributed by atoms with E-state index in [1.165, 1.54) is 18.2 Å². The van der Waals surface area contributed by atoms with E-state index < -0.39 is 11.5 Å². The normalized spacial score (nSPS) is 25.8. The number of benzene rings is 1. The van der Waals surface area contributed by atoms with E-state index in [4.69, 9.17) is 5.73 Å². The van der Waals surface area contributed by atoms with Crippen LogP contribution in [0.2, 0.25) is 0 Å². The van der Waals surface area contributed by atoms with E-state index in [9.17, 15) is 14.3 Å². The molecule has 4 nitrogen and oxygen atoms in total. The van der Waals surface area contributed by atoms with Crippen LogP contribution >= 0.6 is 0 Å². The summed E-state index contributed by atoms with van der Waals surface area (Å²) in [5.41, 5.74) is 5.16.